The first-order chi connectivity index (χ1) is 18.9. The number of nitrogens with zero attached hydrogens (tertiary/aromatic N) is 2. The van der Waals surface area contributed by atoms with Gasteiger partial charge >= 0.3 is 5.97 Å². The summed E-state index contributed by atoms with van der Waals surface area (Å²) in [6, 6.07) is 14.1. The van der Waals surface area contributed by atoms with Crippen LogP contribution in [0.25, 0.3) is 0 Å². The summed E-state index contributed by atoms with van der Waals surface area (Å²) in [5.74, 6) is -3.36. The number of para-hydroxylation sites is 1. The van der Waals surface area contributed by atoms with E-state index in [-0.39, 0.29) is 13.2 Å². The number of fused-ring (bicyclic) bond motifs is 2. The number of rotatable bonds is 5. The number of hydrogen-bond acceptors (Lipinski definition) is 6. The second-order valence-corrected chi connectivity index (χ2v) is 10.7. The van der Waals surface area contributed by atoms with Crippen molar-refractivity contribution in [1.82, 2.24) is 4.90 Å². The largest absolute Gasteiger partial charge is 0.461 e. The maximum atomic E-state index is 14.6. The molecule has 1 unspecified atom stereocenters. The van der Waals surface area contributed by atoms with Crippen molar-refractivity contribution in [2.45, 2.75) is 36.6 Å². The third kappa shape index (κ3) is 3.69. The second-order valence-electron chi connectivity index (χ2n) is 10.3. The SMILES string of the molecule is CC[C@@]12C=CCOC(=O)[C@@H]1[C@H]1C(=O)N([C@H](CO)c3ccccc3)C3C(=O)N(c4ccccc4Cl)CC=C[C@@]31O2. The number of aliphatic hydroxyl groups is 1. The molecule has 0 radical (unpaired) electrons. The normalized spacial score (nSPS) is 32.3. The van der Waals surface area contributed by atoms with Crippen molar-refractivity contribution in [3.05, 3.63) is 89.5 Å². The van der Waals surface area contributed by atoms with Crippen LogP contribution >= 0.6 is 11.6 Å². The number of benzene rings is 2. The molecule has 2 saturated heterocycles. The molecule has 2 aromatic carbocycles. The Morgan fingerprint density at radius 1 is 1.00 bits per heavy atom. The van der Waals surface area contributed by atoms with Crippen LogP contribution in [0.5, 0.6) is 0 Å². The molecule has 6 atom stereocenters. The van der Waals surface area contributed by atoms with Crippen LogP contribution in [0.3, 0.4) is 0 Å². The van der Waals surface area contributed by atoms with Gasteiger partial charge in [0.05, 0.1) is 29.3 Å². The van der Waals surface area contributed by atoms with Crippen molar-refractivity contribution in [2.24, 2.45) is 11.8 Å². The Balaban J connectivity index is 1.56. The lowest BCUT2D eigenvalue weighted by molar-refractivity contribution is -0.159. The van der Waals surface area contributed by atoms with Crippen LogP contribution in [0.15, 0.2) is 78.9 Å². The first-order valence-corrected chi connectivity index (χ1v) is 13.5. The lowest BCUT2D eigenvalue weighted by Gasteiger charge is -2.40. The standard InChI is InChI=1S/C30H29ClN2O6/c1-2-29-14-9-17-38-28(37)24(29)23-26(35)33(22(18-34)19-10-4-3-5-11-19)25-27(36)32(16-8-15-30(23,25)39-29)21-13-7-6-12-20(21)31/h3-15,22-25,34H,2,16-18H2,1H3/t22-,23+,24+,25?,29-,30+/m1/s1. The molecule has 202 valence electrons. The second kappa shape index (κ2) is 9.62. The molecule has 0 saturated carbocycles. The summed E-state index contributed by atoms with van der Waals surface area (Å²) in [6.07, 6.45) is 7.50. The summed E-state index contributed by atoms with van der Waals surface area (Å²) in [4.78, 5) is 45.5. The number of carbonyl (C=O) groups is 3. The van der Waals surface area contributed by atoms with Gasteiger partial charge in [0.15, 0.2) is 0 Å². The topological polar surface area (TPSA) is 96.4 Å². The average Bonchev–Trinajstić information content (AvgIpc) is 3.22. The van der Waals surface area contributed by atoms with E-state index in [1.165, 1.54) is 9.80 Å². The number of halogens is 1. The van der Waals surface area contributed by atoms with E-state index in [0.29, 0.717) is 22.7 Å². The van der Waals surface area contributed by atoms with E-state index >= 15 is 0 Å². The van der Waals surface area contributed by atoms with Crippen LogP contribution in [-0.4, -0.2) is 64.8 Å². The molecule has 1 spiro atoms. The molecule has 2 aromatic rings. The molecule has 4 aliphatic rings. The average molecular weight is 549 g/mol. The van der Waals surface area contributed by atoms with E-state index in [1.54, 1.807) is 60.7 Å². The maximum Gasteiger partial charge on any atom is 0.313 e. The number of anilines is 1. The molecule has 0 aromatic heterocycles. The first kappa shape index (κ1) is 25.8. The number of cyclic esters (lactones) is 1. The van der Waals surface area contributed by atoms with Gasteiger partial charge in [-0.25, -0.2) is 0 Å². The molecule has 0 bridgehead atoms. The van der Waals surface area contributed by atoms with E-state index in [4.69, 9.17) is 21.1 Å². The van der Waals surface area contributed by atoms with Crippen LogP contribution < -0.4 is 4.90 Å². The van der Waals surface area contributed by atoms with Gasteiger partial charge in [0.25, 0.3) is 5.91 Å². The van der Waals surface area contributed by atoms with Gasteiger partial charge in [-0.05, 0) is 30.2 Å². The van der Waals surface area contributed by atoms with Gasteiger partial charge in [0, 0.05) is 6.54 Å². The van der Waals surface area contributed by atoms with Crippen LogP contribution in [0, 0.1) is 11.8 Å². The highest BCUT2D eigenvalue weighted by atomic mass is 35.5. The van der Waals surface area contributed by atoms with Gasteiger partial charge in [0.2, 0.25) is 5.91 Å². The minimum atomic E-state index is -1.46. The molecule has 2 fully saturated rings. The summed E-state index contributed by atoms with van der Waals surface area (Å²) >= 11 is 6.52. The van der Waals surface area contributed by atoms with Gasteiger partial charge in [-0.3, -0.25) is 14.4 Å². The van der Waals surface area contributed by atoms with Crippen LogP contribution in [0.1, 0.15) is 24.9 Å². The fraction of sp³-hybridized carbons (Fsp3) is 0.367. The van der Waals surface area contributed by atoms with E-state index in [1.807, 2.05) is 25.1 Å². The number of esters is 1. The van der Waals surface area contributed by atoms with Gasteiger partial charge < -0.3 is 24.4 Å². The quantitative estimate of drug-likeness (QED) is 0.454. The van der Waals surface area contributed by atoms with Crippen molar-refractivity contribution in [3.8, 4) is 0 Å². The Kier molecular flexibility index (Phi) is 6.37. The molecule has 2 amide bonds. The Bertz CT molecular complexity index is 1380. The van der Waals surface area contributed by atoms with Crippen molar-refractivity contribution in [3.63, 3.8) is 0 Å². The van der Waals surface area contributed by atoms with Crippen LogP contribution in [0.2, 0.25) is 5.02 Å². The maximum absolute atomic E-state index is 14.6. The van der Waals surface area contributed by atoms with Crippen molar-refractivity contribution < 1.29 is 29.0 Å². The highest BCUT2D eigenvalue weighted by molar-refractivity contribution is 6.34. The van der Waals surface area contributed by atoms with Gasteiger partial charge in [0.1, 0.15) is 29.8 Å². The first-order valence-electron chi connectivity index (χ1n) is 13.1. The number of ether oxygens (including phenoxy) is 2. The number of hydrogen-bond donors (Lipinski definition) is 1. The zero-order chi connectivity index (χ0) is 27.4. The van der Waals surface area contributed by atoms with Crippen molar-refractivity contribution >= 4 is 35.1 Å². The van der Waals surface area contributed by atoms with Crippen molar-refractivity contribution in [2.75, 3.05) is 24.7 Å². The predicted molar refractivity (Wildman–Crippen MR) is 144 cm³/mol. The molecule has 9 heteroatoms. The lowest BCUT2D eigenvalue weighted by Crippen LogP contribution is -2.57. The number of aliphatic hydroxyl groups excluding tert-OH is 1. The Labute approximate surface area is 231 Å². The molecule has 0 aliphatic carbocycles. The van der Waals surface area contributed by atoms with Gasteiger partial charge in [-0.15, -0.1) is 0 Å². The Morgan fingerprint density at radius 3 is 2.46 bits per heavy atom. The third-order valence-electron chi connectivity index (χ3n) is 8.47. The molecule has 39 heavy (non-hydrogen) atoms. The molecule has 8 nitrogen and oxygen atoms in total. The summed E-state index contributed by atoms with van der Waals surface area (Å²) in [5.41, 5.74) is -1.42. The Morgan fingerprint density at radius 2 is 1.74 bits per heavy atom. The molecule has 4 aliphatic heterocycles. The predicted octanol–water partition coefficient (Wildman–Crippen LogP) is 3.45. The van der Waals surface area contributed by atoms with E-state index < -0.39 is 59.5 Å². The fourth-order valence-electron chi connectivity index (χ4n) is 6.79. The molecule has 6 rings (SSSR count). The molecular weight excluding hydrogens is 520 g/mol. The van der Waals surface area contributed by atoms with E-state index in [0.717, 1.165) is 0 Å². The summed E-state index contributed by atoms with van der Waals surface area (Å²) in [5, 5.41) is 11.0. The highest BCUT2D eigenvalue weighted by Gasteiger charge is 2.76. The minimum absolute atomic E-state index is 0.0832. The van der Waals surface area contributed by atoms with Crippen LogP contribution in [0.4, 0.5) is 5.69 Å². The zero-order valence-electron chi connectivity index (χ0n) is 21.4. The third-order valence-corrected chi connectivity index (χ3v) is 8.79. The number of carbonyl (C=O) groups excluding carboxylic acids is 3. The monoisotopic (exact) mass is 548 g/mol. The van der Waals surface area contributed by atoms with Gasteiger partial charge in [-0.1, -0.05) is 79.2 Å². The van der Waals surface area contributed by atoms with E-state index in [9.17, 15) is 19.5 Å². The molecule has 1 N–H and O–H groups in total. The summed E-state index contributed by atoms with van der Waals surface area (Å²) in [6.45, 7) is 1.74. The van der Waals surface area contributed by atoms with Crippen LogP contribution in [-0.2, 0) is 23.9 Å². The van der Waals surface area contributed by atoms with Gasteiger partial charge in [-0.2, -0.15) is 0 Å². The minimum Gasteiger partial charge on any atom is -0.461 e. The Hall–Kier alpha value is -3.46. The molecule has 4 heterocycles. The van der Waals surface area contributed by atoms with E-state index in [2.05, 4.69) is 0 Å². The highest BCUT2D eigenvalue weighted by Crippen LogP contribution is 2.59. The number of likely N-dealkylation sites (tertiary alicyclic amines) is 1. The smallest absolute Gasteiger partial charge is 0.313 e. The summed E-state index contributed by atoms with van der Waals surface area (Å²) in [7, 11) is 0. The lowest BCUT2D eigenvalue weighted by atomic mass is 9.73. The summed E-state index contributed by atoms with van der Waals surface area (Å²) < 4.78 is 12.3. The number of amides is 2. The zero-order valence-corrected chi connectivity index (χ0v) is 22.2. The molecular formula is C30H29ClN2O6. The fourth-order valence-corrected chi connectivity index (χ4v) is 7.03. The van der Waals surface area contributed by atoms with Crippen molar-refractivity contribution in [1.29, 1.82) is 0 Å².